The zero-order chi connectivity index (χ0) is 14.1. The molecule has 0 unspecified atom stereocenters. The monoisotopic (exact) mass is 264 g/mol. The van der Waals surface area contributed by atoms with Crippen LogP contribution in [0.2, 0.25) is 13.1 Å². The van der Waals surface area contributed by atoms with Crippen molar-refractivity contribution < 1.29 is 4.43 Å². The molecule has 0 aromatic carbocycles. The minimum Gasteiger partial charge on any atom is -0.411 e. The van der Waals surface area contributed by atoms with E-state index in [0.717, 1.165) is 12.8 Å². The van der Waals surface area contributed by atoms with Gasteiger partial charge in [0.15, 0.2) is 9.04 Å². The molecule has 1 nitrogen and oxygen atoms in total. The van der Waals surface area contributed by atoms with Crippen LogP contribution in [0.3, 0.4) is 0 Å². The fraction of sp³-hybridized carbons (Fsp3) is 0.625. The van der Waals surface area contributed by atoms with Gasteiger partial charge in [0.25, 0.3) is 0 Å². The molecule has 0 N–H and O–H groups in total. The van der Waals surface area contributed by atoms with Crippen molar-refractivity contribution in [3.63, 3.8) is 0 Å². The van der Waals surface area contributed by atoms with Crippen LogP contribution in [0.5, 0.6) is 0 Å². The van der Waals surface area contributed by atoms with Gasteiger partial charge in [-0.1, -0.05) is 33.4 Å². The highest BCUT2D eigenvalue weighted by atomic mass is 28.3. The van der Waals surface area contributed by atoms with Crippen molar-refractivity contribution in [1.82, 2.24) is 0 Å². The van der Waals surface area contributed by atoms with Crippen LogP contribution in [0, 0.1) is 5.41 Å². The van der Waals surface area contributed by atoms with Crippen LogP contribution in [0.25, 0.3) is 0 Å². The lowest BCUT2D eigenvalue weighted by Gasteiger charge is -2.45. The predicted octanol–water partition coefficient (Wildman–Crippen LogP) is 4.62. The second-order valence-electron chi connectivity index (χ2n) is 6.62. The van der Waals surface area contributed by atoms with Crippen LogP contribution < -0.4 is 0 Å². The average molecular weight is 264 g/mol. The molecule has 0 saturated carbocycles. The number of allylic oxidation sites excluding steroid dienone is 2. The van der Waals surface area contributed by atoms with E-state index in [1.54, 1.807) is 0 Å². The first kappa shape index (κ1) is 15.5. The fourth-order valence-electron chi connectivity index (χ4n) is 3.03. The predicted molar refractivity (Wildman–Crippen MR) is 83.4 cm³/mol. The van der Waals surface area contributed by atoms with Gasteiger partial charge in [-0.3, -0.25) is 0 Å². The minimum atomic E-state index is -1.10. The summed E-state index contributed by atoms with van der Waals surface area (Å²) >= 11 is 0. The van der Waals surface area contributed by atoms with Gasteiger partial charge < -0.3 is 4.43 Å². The van der Waals surface area contributed by atoms with E-state index in [1.165, 1.54) is 16.7 Å². The molecule has 0 radical (unpaired) electrons. The third-order valence-electron chi connectivity index (χ3n) is 3.94. The fourth-order valence-corrected chi connectivity index (χ4v) is 4.45. The van der Waals surface area contributed by atoms with Gasteiger partial charge in [0.2, 0.25) is 0 Å². The molecule has 102 valence electrons. The van der Waals surface area contributed by atoms with Crippen molar-refractivity contribution in [2.45, 2.75) is 59.2 Å². The molecule has 0 aromatic heterocycles. The first-order valence-corrected chi connectivity index (χ1v) is 9.61. The number of hydrogen-bond donors (Lipinski definition) is 0. The van der Waals surface area contributed by atoms with Crippen molar-refractivity contribution in [3.05, 3.63) is 36.0 Å². The highest BCUT2D eigenvalue weighted by Gasteiger charge is 2.49. The van der Waals surface area contributed by atoms with E-state index >= 15 is 0 Å². The summed E-state index contributed by atoms with van der Waals surface area (Å²) in [5, 5.41) is 0. The molecule has 18 heavy (non-hydrogen) atoms. The molecule has 2 heteroatoms. The quantitative estimate of drug-likeness (QED) is 0.531. The van der Waals surface area contributed by atoms with Crippen LogP contribution in [0.4, 0.5) is 0 Å². The third-order valence-corrected chi connectivity index (χ3v) is 4.82. The van der Waals surface area contributed by atoms with Crippen molar-refractivity contribution in [3.8, 4) is 0 Å². The summed E-state index contributed by atoms with van der Waals surface area (Å²) in [5.74, 6) is 0. The van der Waals surface area contributed by atoms with Gasteiger partial charge in [-0.2, -0.15) is 0 Å². The first-order valence-electron chi connectivity index (χ1n) is 6.83. The van der Waals surface area contributed by atoms with Gasteiger partial charge in [0, 0.05) is 6.42 Å². The Morgan fingerprint density at radius 2 is 1.94 bits per heavy atom. The summed E-state index contributed by atoms with van der Waals surface area (Å²) in [6, 6.07) is 0. The minimum absolute atomic E-state index is 0.0974. The molecule has 0 heterocycles. The maximum atomic E-state index is 6.51. The Morgan fingerprint density at radius 3 is 2.33 bits per heavy atom. The summed E-state index contributed by atoms with van der Waals surface area (Å²) < 4.78 is 6.51. The highest BCUT2D eigenvalue weighted by molar-refractivity contribution is 6.48. The smallest absolute Gasteiger partial charge is 0.172 e. The Bertz CT molecular complexity index is 384. The largest absolute Gasteiger partial charge is 0.411 e. The molecule has 1 aliphatic rings. The van der Waals surface area contributed by atoms with Crippen LogP contribution in [-0.2, 0) is 4.43 Å². The normalized spacial score (nSPS) is 25.2. The Labute approximate surface area is 114 Å². The lowest BCUT2D eigenvalue weighted by molar-refractivity contribution is 0.00494. The van der Waals surface area contributed by atoms with E-state index < -0.39 is 9.04 Å². The Morgan fingerprint density at radius 1 is 1.39 bits per heavy atom. The second-order valence-corrected chi connectivity index (χ2v) is 8.95. The van der Waals surface area contributed by atoms with Gasteiger partial charge in [-0.25, -0.2) is 0 Å². The average Bonchev–Trinajstić information content (AvgIpc) is 2.42. The van der Waals surface area contributed by atoms with Crippen LogP contribution >= 0.6 is 0 Å². The van der Waals surface area contributed by atoms with E-state index in [2.05, 4.69) is 53.9 Å². The molecule has 0 aromatic rings. The number of rotatable bonds is 4. The highest BCUT2D eigenvalue weighted by Crippen LogP contribution is 2.52. The molecule has 0 fully saturated rings. The third kappa shape index (κ3) is 2.55. The van der Waals surface area contributed by atoms with Crippen LogP contribution in [0.1, 0.15) is 40.5 Å². The van der Waals surface area contributed by atoms with Crippen LogP contribution in [-0.4, -0.2) is 14.6 Å². The Hall–Kier alpha value is -0.603. The zero-order valence-corrected chi connectivity index (χ0v) is 14.0. The molecule has 1 atom stereocenters. The topological polar surface area (TPSA) is 9.23 Å². The molecule has 0 spiro atoms. The summed E-state index contributed by atoms with van der Waals surface area (Å²) in [5.41, 5.74) is 3.91. The van der Waals surface area contributed by atoms with Gasteiger partial charge in [0.1, 0.15) is 0 Å². The van der Waals surface area contributed by atoms with Crippen molar-refractivity contribution in [2.24, 2.45) is 5.41 Å². The lowest BCUT2D eigenvalue weighted by atomic mass is 9.72. The lowest BCUT2D eigenvalue weighted by Crippen LogP contribution is -2.47. The maximum absolute atomic E-state index is 6.51. The Balaban J connectivity index is 3.30. The summed E-state index contributed by atoms with van der Waals surface area (Å²) in [7, 11) is -1.10. The van der Waals surface area contributed by atoms with Crippen molar-refractivity contribution in [2.75, 3.05) is 0 Å². The summed E-state index contributed by atoms with van der Waals surface area (Å²) in [6.07, 6.45) is 3.82. The molecule has 0 aliphatic heterocycles. The molecule has 0 saturated heterocycles. The molecular formula is C16H28OSi. The zero-order valence-electron chi connectivity index (χ0n) is 12.9. The molecule has 1 aliphatic carbocycles. The van der Waals surface area contributed by atoms with Crippen LogP contribution in [0.15, 0.2) is 36.0 Å². The SMILES string of the molecule is C=CCC1=C(C)[C@@](O[SiH](C)C)(C(C)(C)C)CC1=C. The van der Waals surface area contributed by atoms with Gasteiger partial charge in [-0.15, -0.1) is 6.58 Å². The Kier molecular flexibility index (Phi) is 4.45. The van der Waals surface area contributed by atoms with Crippen molar-refractivity contribution >= 4 is 9.04 Å². The van der Waals surface area contributed by atoms with E-state index in [4.69, 9.17) is 4.43 Å². The van der Waals surface area contributed by atoms with E-state index in [9.17, 15) is 0 Å². The van der Waals surface area contributed by atoms with Gasteiger partial charge in [0.05, 0.1) is 5.60 Å². The molecular weight excluding hydrogens is 236 g/mol. The van der Waals surface area contributed by atoms with Crippen molar-refractivity contribution in [1.29, 1.82) is 0 Å². The van der Waals surface area contributed by atoms with Gasteiger partial charge >= 0.3 is 0 Å². The molecule has 0 amide bonds. The molecule has 1 rings (SSSR count). The van der Waals surface area contributed by atoms with Gasteiger partial charge in [-0.05, 0) is 48.6 Å². The van der Waals surface area contributed by atoms with E-state index in [1.807, 2.05) is 6.08 Å². The summed E-state index contributed by atoms with van der Waals surface area (Å²) in [6.45, 7) is 21.6. The maximum Gasteiger partial charge on any atom is 0.172 e. The standard InChI is InChI=1S/C16H28OSi/c1-9-10-14-12(2)11-16(13(14)3,15(4,5)6)17-18(7)8/h9,18H,1-2,10-11H2,3-8H3/t16-/m1/s1. The van der Waals surface area contributed by atoms with E-state index in [0.29, 0.717) is 0 Å². The first-order chi connectivity index (χ1) is 8.15. The summed E-state index contributed by atoms with van der Waals surface area (Å²) in [4.78, 5) is 0. The molecule has 0 bridgehead atoms. The van der Waals surface area contributed by atoms with E-state index in [-0.39, 0.29) is 11.0 Å². The number of hydrogen-bond acceptors (Lipinski definition) is 1. The second kappa shape index (κ2) is 5.18.